The first-order valence-electron chi connectivity index (χ1n) is 5.61. The summed E-state index contributed by atoms with van der Waals surface area (Å²) in [4.78, 5) is 21.4. The molecule has 6 heteroatoms. The number of nitrogens with one attached hydrogen (secondary N) is 1. The van der Waals surface area contributed by atoms with E-state index in [1.807, 2.05) is 6.92 Å². The third-order valence-electron chi connectivity index (χ3n) is 2.84. The Labute approximate surface area is 105 Å². The maximum absolute atomic E-state index is 10.9. The van der Waals surface area contributed by atoms with Crippen LogP contribution >= 0.6 is 0 Å². The third kappa shape index (κ3) is 2.97. The number of carbonyl (C=O) groups is 1. The summed E-state index contributed by atoms with van der Waals surface area (Å²) >= 11 is 0. The van der Waals surface area contributed by atoms with Crippen molar-refractivity contribution < 1.29 is 14.8 Å². The van der Waals surface area contributed by atoms with Crippen LogP contribution in [0.15, 0.2) is 12.1 Å². The van der Waals surface area contributed by atoms with Crippen LogP contribution in [0.2, 0.25) is 0 Å². The van der Waals surface area contributed by atoms with E-state index in [2.05, 4.69) is 5.32 Å². The quantitative estimate of drug-likeness (QED) is 0.620. The molecule has 0 aliphatic carbocycles. The number of anilines is 1. The number of carboxylic acids is 1. The van der Waals surface area contributed by atoms with E-state index in [-0.39, 0.29) is 11.4 Å². The number of carboxylic acid groups (broad SMARTS) is 1. The van der Waals surface area contributed by atoms with Crippen molar-refractivity contribution in [1.82, 2.24) is 0 Å². The SMILES string of the molecule is CCC(Nc1cc(C)c(C)cc1[N+](=O)[O-])C(=O)O. The number of nitro benzene ring substituents is 1. The Kier molecular flexibility index (Phi) is 4.25. The molecule has 1 aromatic carbocycles. The van der Waals surface area contributed by atoms with Crippen molar-refractivity contribution in [2.24, 2.45) is 0 Å². The van der Waals surface area contributed by atoms with Crippen LogP contribution in [0.4, 0.5) is 11.4 Å². The molecule has 0 aliphatic rings. The van der Waals surface area contributed by atoms with Gasteiger partial charge >= 0.3 is 5.97 Å². The van der Waals surface area contributed by atoms with E-state index < -0.39 is 16.9 Å². The van der Waals surface area contributed by atoms with E-state index in [1.54, 1.807) is 19.9 Å². The van der Waals surface area contributed by atoms with Crippen LogP contribution in [0, 0.1) is 24.0 Å². The second kappa shape index (κ2) is 5.48. The first-order chi connectivity index (χ1) is 8.36. The third-order valence-corrected chi connectivity index (χ3v) is 2.84. The van der Waals surface area contributed by atoms with Crippen LogP contribution in [0.3, 0.4) is 0 Å². The second-order valence-corrected chi connectivity index (χ2v) is 4.15. The lowest BCUT2D eigenvalue weighted by molar-refractivity contribution is -0.384. The number of aryl methyl sites for hydroxylation is 2. The summed E-state index contributed by atoms with van der Waals surface area (Å²) in [6, 6.07) is 2.23. The van der Waals surface area contributed by atoms with Gasteiger partial charge in [0.05, 0.1) is 4.92 Å². The van der Waals surface area contributed by atoms with Gasteiger partial charge in [-0.2, -0.15) is 0 Å². The van der Waals surface area contributed by atoms with Crippen molar-refractivity contribution in [1.29, 1.82) is 0 Å². The highest BCUT2D eigenvalue weighted by atomic mass is 16.6. The molecule has 1 unspecified atom stereocenters. The Balaban J connectivity index is 3.18. The number of aliphatic carboxylic acids is 1. The van der Waals surface area contributed by atoms with Crippen molar-refractivity contribution in [2.75, 3.05) is 5.32 Å². The van der Waals surface area contributed by atoms with Gasteiger partial charge in [-0.3, -0.25) is 10.1 Å². The van der Waals surface area contributed by atoms with E-state index in [0.29, 0.717) is 6.42 Å². The smallest absolute Gasteiger partial charge is 0.326 e. The second-order valence-electron chi connectivity index (χ2n) is 4.15. The molecule has 1 aromatic rings. The minimum Gasteiger partial charge on any atom is -0.480 e. The number of rotatable bonds is 5. The molecule has 0 saturated carbocycles. The van der Waals surface area contributed by atoms with Crippen molar-refractivity contribution >= 4 is 17.3 Å². The number of hydrogen-bond acceptors (Lipinski definition) is 4. The van der Waals surface area contributed by atoms with Crippen LogP contribution in [0.1, 0.15) is 24.5 Å². The van der Waals surface area contributed by atoms with Crippen LogP contribution in [0.5, 0.6) is 0 Å². The van der Waals surface area contributed by atoms with Gasteiger partial charge in [-0.25, -0.2) is 4.79 Å². The zero-order valence-corrected chi connectivity index (χ0v) is 10.6. The summed E-state index contributed by atoms with van der Waals surface area (Å²) < 4.78 is 0. The Bertz CT molecular complexity index is 485. The lowest BCUT2D eigenvalue weighted by Gasteiger charge is -2.15. The van der Waals surface area contributed by atoms with Gasteiger partial charge in [0.2, 0.25) is 0 Å². The van der Waals surface area contributed by atoms with E-state index >= 15 is 0 Å². The minimum atomic E-state index is -1.02. The van der Waals surface area contributed by atoms with Gasteiger partial charge in [0.15, 0.2) is 0 Å². The highest BCUT2D eigenvalue weighted by Crippen LogP contribution is 2.28. The molecule has 1 rings (SSSR count). The number of nitrogens with zero attached hydrogens (tertiary/aromatic N) is 1. The monoisotopic (exact) mass is 252 g/mol. The van der Waals surface area contributed by atoms with Crippen LogP contribution in [-0.4, -0.2) is 22.0 Å². The summed E-state index contributed by atoms with van der Waals surface area (Å²) in [5, 5.41) is 22.6. The fourth-order valence-electron chi connectivity index (χ4n) is 1.59. The summed E-state index contributed by atoms with van der Waals surface area (Å²) in [6.07, 6.45) is 0.347. The summed E-state index contributed by atoms with van der Waals surface area (Å²) in [5.41, 5.74) is 1.83. The van der Waals surface area contributed by atoms with Gasteiger partial charge in [0.25, 0.3) is 5.69 Å². The predicted molar refractivity (Wildman–Crippen MR) is 67.9 cm³/mol. The lowest BCUT2D eigenvalue weighted by Crippen LogP contribution is -2.28. The molecule has 0 radical (unpaired) electrons. The Morgan fingerprint density at radius 1 is 1.44 bits per heavy atom. The molecule has 2 N–H and O–H groups in total. The minimum absolute atomic E-state index is 0.0993. The average Bonchev–Trinajstić information content (AvgIpc) is 2.29. The first kappa shape index (κ1) is 14.0. The van der Waals surface area contributed by atoms with Crippen molar-refractivity contribution in [3.8, 4) is 0 Å². The summed E-state index contributed by atoms with van der Waals surface area (Å²) in [6.45, 7) is 5.31. The van der Waals surface area contributed by atoms with Crippen LogP contribution < -0.4 is 5.32 Å². The van der Waals surface area contributed by atoms with E-state index in [4.69, 9.17) is 5.11 Å². The molecule has 1 atom stereocenters. The average molecular weight is 252 g/mol. The number of benzene rings is 1. The summed E-state index contributed by atoms with van der Waals surface area (Å²) in [5.74, 6) is -1.02. The Morgan fingerprint density at radius 2 is 2.00 bits per heavy atom. The van der Waals surface area contributed by atoms with E-state index in [1.165, 1.54) is 6.07 Å². The molecule has 0 bridgehead atoms. The van der Waals surface area contributed by atoms with Crippen molar-refractivity contribution in [3.63, 3.8) is 0 Å². The lowest BCUT2D eigenvalue weighted by atomic mass is 10.1. The molecule has 98 valence electrons. The van der Waals surface area contributed by atoms with Gasteiger partial charge in [0, 0.05) is 6.07 Å². The van der Waals surface area contributed by atoms with E-state index in [0.717, 1.165) is 11.1 Å². The van der Waals surface area contributed by atoms with Crippen LogP contribution in [0.25, 0.3) is 0 Å². The standard InChI is InChI=1S/C12H16N2O4/c1-4-9(12(15)16)13-10-5-7(2)8(3)6-11(10)14(17)18/h5-6,9,13H,4H2,1-3H3,(H,15,16). The van der Waals surface area contributed by atoms with Crippen LogP contribution in [-0.2, 0) is 4.79 Å². The fraction of sp³-hybridized carbons (Fsp3) is 0.417. The van der Waals surface area contributed by atoms with Gasteiger partial charge in [0.1, 0.15) is 11.7 Å². The molecule has 18 heavy (non-hydrogen) atoms. The topological polar surface area (TPSA) is 92.5 Å². The van der Waals surface area contributed by atoms with Crippen molar-refractivity contribution in [3.05, 3.63) is 33.4 Å². The van der Waals surface area contributed by atoms with Gasteiger partial charge in [-0.1, -0.05) is 6.92 Å². The molecule has 0 spiro atoms. The molecule has 0 aliphatic heterocycles. The maximum atomic E-state index is 10.9. The zero-order valence-electron chi connectivity index (χ0n) is 10.6. The largest absolute Gasteiger partial charge is 0.480 e. The van der Waals surface area contributed by atoms with Crippen molar-refractivity contribution in [2.45, 2.75) is 33.2 Å². The highest BCUT2D eigenvalue weighted by molar-refractivity contribution is 5.79. The van der Waals surface area contributed by atoms with Gasteiger partial charge in [-0.05, 0) is 37.5 Å². The first-order valence-corrected chi connectivity index (χ1v) is 5.61. The Hall–Kier alpha value is -2.11. The predicted octanol–water partition coefficient (Wildman–Crippen LogP) is 2.49. The number of nitro groups is 1. The molecular formula is C12H16N2O4. The molecular weight excluding hydrogens is 236 g/mol. The zero-order chi connectivity index (χ0) is 13.9. The summed E-state index contributed by atoms with van der Waals surface area (Å²) in [7, 11) is 0. The van der Waals surface area contributed by atoms with Gasteiger partial charge < -0.3 is 10.4 Å². The fourth-order valence-corrected chi connectivity index (χ4v) is 1.59. The highest BCUT2D eigenvalue weighted by Gasteiger charge is 2.21. The molecule has 0 heterocycles. The molecule has 0 fully saturated rings. The molecule has 0 aromatic heterocycles. The molecule has 0 saturated heterocycles. The normalized spacial score (nSPS) is 11.9. The van der Waals surface area contributed by atoms with Gasteiger partial charge in [-0.15, -0.1) is 0 Å². The molecule has 0 amide bonds. The maximum Gasteiger partial charge on any atom is 0.326 e. The number of hydrogen-bond donors (Lipinski definition) is 2. The Morgan fingerprint density at radius 3 is 2.44 bits per heavy atom. The molecule has 6 nitrogen and oxygen atoms in total. The van der Waals surface area contributed by atoms with E-state index in [9.17, 15) is 14.9 Å².